The molecule has 0 aliphatic heterocycles. The zero-order valence-corrected chi connectivity index (χ0v) is 11.4. The molecule has 0 amide bonds. The van der Waals surface area contributed by atoms with Gasteiger partial charge >= 0.3 is 5.69 Å². The molecule has 0 atom stereocenters. The Morgan fingerprint density at radius 1 is 1.35 bits per heavy atom. The van der Waals surface area contributed by atoms with Crippen LogP contribution in [0.25, 0.3) is 5.69 Å². The lowest BCUT2D eigenvalue weighted by atomic mass is 10.2. The maximum Gasteiger partial charge on any atom is 0.356 e. The highest BCUT2D eigenvalue weighted by Gasteiger charge is 2.12. The van der Waals surface area contributed by atoms with Crippen molar-refractivity contribution in [1.82, 2.24) is 14.5 Å². The van der Waals surface area contributed by atoms with Gasteiger partial charge in [-0.1, -0.05) is 24.1 Å². The van der Waals surface area contributed by atoms with Crippen LogP contribution >= 0.6 is 0 Å². The van der Waals surface area contributed by atoms with Crippen LogP contribution in [-0.2, 0) is 0 Å². The fraction of sp³-hybridized carbons (Fsp3) is 0.214. The number of nitrogens with two attached hydrogens (primary N) is 1. The van der Waals surface area contributed by atoms with Crippen molar-refractivity contribution in [2.75, 3.05) is 11.6 Å². The molecule has 20 heavy (non-hydrogen) atoms. The van der Waals surface area contributed by atoms with Crippen molar-refractivity contribution < 1.29 is 0 Å². The zero-order valence-electron chi connectivity index (χ0n) is 11.4. The summed E-state index contributed by atoms with van der Waals surface area (Å²) in [5.41, 5.74) is 1.28. The minimum Gasteiger partial charge on any atom is -0.266 e. The highest BCUT2D eigenvalue weighted by molar-refractivity contribution is 5.41. The largest absolute Gasteiger partial charge is 0.356 e. The molecule has 0 radical (unpaired) electrons. The van der Waals surface area contributed by atoms with Crippen LogP contribution in [0.4, 0.5) is 5.95 Å². The number of aromatic nitrogens is 3. The monoisotopic (exact) mass is 269 g/mol. The topological polar surface area (TPSA) is 77.0 Å². The van der Waals surface area contributed by atoms with E-state index in [2.05, 4.69) is 15.9 Å². The first-order chi connectivity index (χ1) is 9.54. The highest BCUT2D eigenvalue weighted by atomic mass is 16.1. The molecular formula is C14H15N5O. The predicted molar refractivity (Wildman–Crippen MR) is 77.5 cm³/mol. The van der Waals surface area contributed by atoms with Gasteiger partial charge in [-0.2, -0.15) is 9.97 Å². The van der Waals surface area contributed by atoms with E-state index >= 15 is 0 Å². The van der Waals surface area contributed by atoms with Crippen LogP contribution in [0, 0.1) is 26.2 Å². The number of hydrogen-bond acceptors (Lipinski definition) is 5. The molecule has 0 aliphatic carbocycles. The predicted octanol–water partition coefficient (Wildman–Crippen LogP) is 0.558. The lowest BCUT2D eigenvalue weighted by Gasteiger charge is -2.16. The minimum absolute atomic E-state index is 0.121. The number of para-hydroxylation sites is 1. The molecule has 2 aromatic rings. The Balaban J connectivity index is 2.56. The third-order valence-electron chi connectivity index (χ3n) is 2.85. The Morgan fingerprint density at radius 2 is 2.05 bits per heavy atom. The maximum atomic E-state index is 12.2. The van der Waals surface area contributed by atoms with Gasteiger partial charge in [-0.25, -0.2) is 15.2 Å². The summed E-state index contributed by atoms with van der Waals surface area (Å²) in [4.78, 5) is 20.3. The summed E-state index contributed by atoms with van der Waals surface area (Å²) in [5, 5.41) is 1.16. The van der Waals surface area contributed by atoms with E-state index < -0.39 is 5.69 Å². The van der Waals surface area contributed by atoms with Gasteiger partial charge in [0.15, 0.2) is 0 Å². The maximum absolute atomic E-state index is 12.2. The average Bonchev–Trinajstić information content (AvgIpc) is 2.40. The summed E-state index contributed by atoms with van der Waals surface area (Å²) in [5.74, 6) is 8.67. The Morgan fingerprint density at radius 3 is 2.65 bits per heavy atom. The molecule has 6 nitrogen and oxygen atoms in total. The van der Waals surface area contributed by atoms with Gasteiger partial charge < -0.3 is 0 Å². The van der Waals surface area contributed by atoms with Gasteiger partial charge in [0, 0.05) is 0 Å². The Labute approximate surface area is 116 Å². The number of rotatable bonds is 3. The molecule has 2 N–H and O–H groups in total. The second-order valence-corrected chi connectivity index (χ2v) is 4.31. The minimum atomic E-state index is -0.436. The zero-order chi connectivity index (χ0) is 14.7. The standard InChI is InChI=1S/C14H15N5O/c1-4-9-18(15)13-16-11(3)19(14(20)17-13)12-8-6-5-7-10(12)2/h1,5-8H,9,15H2,2-3H3. The number of aryl methyl sites for hydroxylation is 2. The van der Waals surface area contributed by atoms with Gasteiger partial charge in [0.2, 0.25) is 5.95 Å². The Kier molecular flexibility index (Phi) is 3.82. The fourth-order valence-corrected chi connectivity index (χ4v) is 1.88. The fourth-order valence-electron chi connectivity index (χ4n) is 1.88. The molecule has 102 valence electrons. The van der Waals surface area contributed by atoms with Crippen LogP contribution < -0.4 is 16.5 Å². The van der Waals surface area contributed by atoms with E-state index in [0.29, 0.717) is 5.82 Å². The van der Waals surface area contributed by atoms with Crippen LogP contribution in [0.3, 0.4) is 0 Å². The molecule has 1 aromatic heterocycles. The lowest BCUT2D eigenvalue weighted by molar-refractivity contribution is 0.768. The van der Waals surface area contributed by atoms with Gasteiger partial charge in [0.1, 0.15) is 5.82 Å². The molecule has 6 heteroatoms. The second-order valence-electron chi connectivity index (χ2n) is 4.31. The molecule has 2 rings (SSSR count). The Bertz CT molecular complexity index is 729. The van der Waals surface area contributed by atoms with E-state index in [4.69, 9.17) is 12.3 Å². The number of anilines is 1. The smallest absolute Gasteiger partial charge is 0.266 e. The summed E-state index contributed by atoms with van der Waals surface area (Å²) in [7, 11) is 0. The Hall–Kier alpha value is -2.65. The average molecular weight is 269 g/mol. The molecule has 0 saturated heterocycles. The van der Waals surface area contributed by atoms with E-state index in [1.807, 2.05) is 31.2 Å². The van der Waals surface area contributed by atoms with E-state index in [1.165, 1.54) is 4.57 Å². The van der Waals surface area contributed by atoms with Crippen molar-refractivity contribution in [3.63, 3.8) is 0 Å². The molecule has 1 aromatic carbocycles. The van der Waals surface area contributed by atoms with Crippen LogP contribution in [0.1, 0.15) is 11.4 Å². The summed E-state index contributed by atoms with van der Waals surface area (Å²) >= 11 is 0. The van der Waals surface area contributed by atoms with Gasteiger partial charge in [0.25, 0.3) is 0 Å². The third-order valence-corrected chi connectivity index (χ3v) is 2.85. The SMILES string of the molecule is C#CCN(N)c1nc(C)n(-c2ccccc2C)c(=O)n1. The molecule has 0 unspecified atom stereocenters. The summed E-state index contributed by atoms with van der Waals surface area (Å²) in [6, 6.07) is 7.52. The summed E-state index contributed by atoms with van der Waals surface area (Å²) < 4.78 is 1.45. The van der Waals surface area contributed by atoms with E-state index in [-0.39, 0.29) is 12.5 Å². The highest BCUT2D eigenvalue weighted by Crippen LogP contribution is 2.13. The van der Waals surface area contributed by atoms with Crippen molar-refractivity contribution in [2.45, 2.75) is 13.8 Å². The number of benzene rings is 1. The molecule has 1 heterocycles. The van der Waals surface area contributed by atoms with Crippen molar-refractivity contribution in [2.24, 2.45) is 5.84 Å². The van der Waals surface area contributed by atoms with Gasteiger partial charge in [-0.15, -0.1) is 6.42 Å². The van der Waals surface area contributed by atoms with Gasteiger partial charge in [-0.3, -0.25) is 5.01 Å². The molecule has 0 fully saturated rings. The van der Waals surface area contributed by atoms with Crippen molar-refractivity contribution in [3.8, 4) is 18.0 Å². The van der Waals surface area contributed by atoms with Crippen LogP contribution in [0.5, 0.6) is 0 Å². The summed E-state index contributed by atoms with van der Waals surface area (Å²) in [6.07, 6.45) is 5.17. The molecular weight excluding hydrogens is 254 g/mol. The van der Waals surface area contributed by atoms with E-state index in [9.17, 15) is 4.79 Å². The molecule has 0 bridgehead atoms. The second kappa shape index (κ2) is 5.55. The van der Waals surface area contributed by atoms with E-state index in [0.717, 1.165) is 16.3 Å². The van der Waals surface area contributed by atoms with Crippen LogP contribution in [-0.4, -0.2) is 21.1 Å². The van der Waals surface area contributed by atoms with Crippen LogP contribution in [0.2, 0.25) is 0 Å². The number of hydrogen-bond donors (Lipinski definition) is 1. The van der Waals surface area contributed by atoms with Gasteiger partial charge in [0.05, 0.1) is 12.2 Å². The number of hydrazine groups is 1. The first-order valence-corrected chi connectivity index (χ1v) is 6.04. The number of terminal acetylenes is 1. The lowest BCUT2D eigenvalue weighted by Crippen LogP contribution is -2.37. The summed E-state index contributed by atoms with van der Waals surface area (Å²) in [6.45, 7) is 3.78. The van der Waals surface area contributed by atoms with Crippen molar-refractivity contribution in [3.05, 3.63) is 46.1 Å². The van der Waals surface area contributed by atoms with Crippen molar-refractivity contribution >= 4 is 5.95 Å². The number of nitrogens with zero attached hydrogens (tertiary/aromatic N) is 4. The molecule has 0 saturated carbocycles. The van der Waals surface area contributed by atoms with Crippen LogP contribution in [0.15, 0.2) is 29.1 Å². The molecule has 0 spiro atoms. The van der Waals surface area contributed by atoms with Gasteiger partial charge in [-0.05, 0) is 25.5 Å². The quantitative estimate of drug-likeness (QED) is 0.500. The third kappa shape index (κ3) is 2.53. The van der Waals surface area contributed by atoms with Crippen molar-refractivity contribution in [1.29, 1.82) is 0 Å². The van der Waals surface area contributed by atoms with E-state index in [1.54, 1.807) is 6.92 Å². The normalized spacial score (nSPS) is 10.1. The molecule has 0 aliphatic rings. The first-order valence-electron chi connectivity index (χ1n) is 6.04. The first kappa shape index (κ1) is 13.8.